The van der Waals surface area contributed by atoms with Crippen molar-refractivity contribution in [3.63, 3.8) is 0 Å². The highest BCUT2D eigenvalue weighted by Gasteiger charge is 2.17. The Morgan fingerprint density at radius 2 is 1.73 bits per heavy atom. The summed E-state index contributed by atoms with van der Waals surface area (Å²) in [5.41, 5.74) is 1.63. The molecule has 0 aliphatic carbocycles. The van der Waals surface area contributed by atoms with Crippen LogP contribution in [0.5, 0.6) is 0 Å². The molecule has 3 rings (SSSR count). The summed E-state index contributed by atoms with van der Waals surface area (Å²) < 4.78 is 2.36. The van der Waals surface area contributed by atoms with Gasteiger partial charge < -0.3 is 5.11 Å². The maximum atomic E-state index is 12.5. The Hall–Kier alpha value is -2.40. The van der Waals surface area contributed by atoms with E-state index in [1.807, 2.05) is 24.3 Å². The van der Waals surface area contributed by atoms with Crippen molar-refractivity contribution in [2.24, 2.45) is 0 Å². The Bertz CT molecular complexity index is 865. The Labute approximate surface area is 135 Å². The van der Waals surface area contributed by atoms with Crippen LogP contribution in [0.25, 0.3) is 10.9 Å². The van der Waals surface area contributed by atoms with Gasteiger partial charge in [0, 0.05) is 16.1 Å². The van der Waals surface area contributed by atoms with Crippen molar-refractivity contribution < 1.29 is 14.7 Å². The molecule has 0 unspecified atom stereocenters. The van der Waals surface area contributed by atoms with E-state index in [9.17, 15) is 14.7 Å². The standard InChI is InChI=1S/C17H12BrNO3/c18-12-7-5-11(6-8-12)9-16(20)19-10-14(17(21)22)13-3-1-2-4-15(13)19/h1-8,10H,9H2,(H,21,22). The first-order valence-electron chi connectivity index (χ1n) is 6.67. The topological polar surface area (TPSA) is 59.3 Å². The molecule has 5 heteroatoms. The molecule has 0 bridgehead atoms. The molecular weight excluding hydrogens is 346 g/mol. The van der Waals surface area contributed by atoms with E-state index in [-0.39, 0.29) is 17.9 Å². The van der Waals surface area contributed by atoms with Gasteiger partial charge in [0.15, 0.2) is 0 Å². The van der Waals surface area contributed by atoms with Gasteiger partial charge in [-0.3, -0.25) is 9.36 Å². The minimum atomic E-state index is -1.04. The second-order valence-corrected chi connectivity index (χ2v) is 5.85. The van der Waals surface area contributed by atoms with E-state index in [1.54, 1.807) is 24.3 Å². The lowest BCUT2D eigenvalue weighted by atomic mass is 10.1. The van der Waals surface area contributed by atoms with E-state index in [4.69, 9.17) is 0 Å². The Kier molecular flexibility index (Phi) is 3.81. The highest BCUT2D eigenvalue weighted by Crippen LogP contribution is 2.22. The number of carboxylic acids is 1. The fourth-order valence-electron chi connectivity index (χ4n) is 2.42. The summed E-state index contributed by atoms with van der Waals surface area (Å²) in [4.78, 5) is 23.8. The number of carbonyl (C=O) groups is 2. The molecule has 0 saturated carbocycles. The van der Waals surface area contributed by atoms with Gasteiger partial charge in [-0.2, -0.15) is 0 Å². The number of halogens is 1. The summed E-state index contributed by atoms with van der Waals surface area (Å²) in [6.07, 6.45) is 1.61. The quantitative estimate of drug-likeness (QED) is 0.770. The van der Waals surface area contributed by atoms with E-state index in [0.29, 0.717) is 10.9 Å². The van der Waals surface area contributed by atoms with Gasteiger partial charge in [0.25, 0.3) is 0 Å². The Morgan fingerprint density at radius 3 is 2.41 bits per heavy atom. The van der Waals surface area contributed by atoms with Crippen LogP contribution in [0.1, 0.15) is 20.7 Å². The van der Waals surface area contributed by atoms with Gasteiger partial charge in [-0.15, -0.1) is 0 Å². The average Bonchev–Trinajstić information content (AvgIpc) is 2.89. The summed E-state index contributed by atoms with van der Waals surface area (Å²) in [6.45, 7) is 0. The summed E-state index contributed by atoms with van der Waals surface area (Å²) in [7, 11) is 0. The molecule has 3 aromatic rings. The van der Waals surface area contributed by atoms with Gasteiger partial charge in [0.2, 0.25) is 5.91 Å². The minimum absolute atomic E-state index is 0.139. The fourth-order valence-corrected chi connectivity index (χ4v) is 2.68. The molecule has 0 aliphatic rings. The Balaban J connectivity index is 2.00. The zero-order valence-electron chi connectivity index (χ0n) is 11.5. The van der Waals surface area contributed by atoms with Gasteiger partial charge in [0.05, 0.1) is 17.5 Å². The number of nitrogens with zero attached hydrogens (tertiary/aromatic N) is 1. The normalized spacial score (nSPS) is 10.8. The molecule has 22 heavy (non-hydrogen) atoms. The maximum Gasteiger partial charge on any atom is 0.337 e. The first-order valence-corrected chi connectivity index (χ1v) is 7.46. The molecule has 0 atom stereocenters. The van der Waals surface area contributed by atoms with Crippen molar-refractivity contribution in [2.75, 3.05) is 0 Å². The molecule has 1 N–H and O–H groups in total. The van der Waals surface area contributed by atoms with E-state index in [0.717, 1.165) is 10.0 Å². The van der Waals surface area contributed by atoms with Gasteiger partial charge >= 0.3 is 5.97 Å². The minimum Gasteiger partial charge on any atom is -0.478 e. The number of aromatic carboxylic acids is 1. The smallest absolute Gasteiger partial charge is 0.337 e. The van der Waals surface area contributed by atoms with Crippen molar-refractivity contribution in [2.45, 2.75) is 6.42 Å². The lowest BCUT2D eigenvalue weighted by Crippen LogP contribution is -2.12. The third-order valence-corrected chi connectivity index (χ3v) is 4.01. The zero-order valence-corrected chi connectivity index (χ0v) is 13.1. The molecule has 0 saturated heterocycles. The third kappa shape index (κ3) is 2.67. The number of aromatic nitrogens is 1. The molecule has 0 aliphatic heterocycles. The maximum absolute atomic E-state index is 12.5. The average molecular weight is 358 g/mol. The van der Waals surface area contributed by atoms with Crippen LogP contribution in [0.15, 0.2) is 59.2 Å². The summed E-state index contributed by atoms with van der Waals surface area (Å²) in [5.74, 6) is -1.20. The van der Waals surface area contributed by atoms with Crippen LogP contribution < -0.4 is 0 Å². The highest BCUT2D eigenvalue weighted by atomic mass is 79.9. The van der Waals surface area contributed by atoms with Gasteiger partial charge in [-0.25, -0.2) is 4.79 Å². The van der Waals surface area contributed by atoms with Crippen molar-refractivity contribution in [3.05, 3.63) is 70.3 Å². The Morgan fingerprint density at radius 1 is 1.05 bits per heavy atom. The molecule has 0 spiro atoms. The number of fused-ring (bicyclic) bond motifs is 1. The number of hydrogen-bond acceptors (Lipinski definition) is 2. The number of carboxylic acid groups (broad SMARTS) is 1. The van der Waals surface area contributed by atoms with Crippen LogP contribution in [0, 0.1) is 0 Å². The zero-order chi connectivity index (χ0) is 15.7. The van der Waals surface area contributed by atoms with Crippen molar-refractivity contribution >= 4 is 38.7 Å². The second-order valence-electron chi connectivity index (χ2n) is 4.93. The van der Waals surface area contributed by atoms with E-state index < -0.39 is 5.97 Å². The van der Waals surface area contributed by atoms with Gasteiger partial charge in [-0.05, 0) is 23.8 Å². The summed E-state index contributed by atoms with van der Waals surface area (Å²) >= 11 is 3.35. The first-order chi connectivity index (χ1) is 10.6. The molecule has 1 heterocycles. The number of rotatable bonds is 3. The number of carbonyl (C=O) groups excluding carboxylic acids is 1. The summed E-state index contributed by atoms with van der Waals surface area (Å²) in [5, 5.41) is 9.84. The van der Waals surface area contributed by atoms with Crippen LogP contribution in [-0.4, -0.2) is 21.6 Å². The lowest BCUT2D eigenvalue weighted by molar-refractivity contribution is 0.0699. The molecule has 0 amide bonds. The van der Waals surface area contributed by atoms with Crippen LogP contribution in [-0.2, 0) is 6.42 Å². The van der Waals surface area contributed by atoms with E-state index in [1.165, 1.54) is 10.8 Å². The highest BCUT2D eigenvalue weighted by molar-refractivity contribution is 9.10. The van der Waals surface area contributed by atoms with E-state index >= 15 is 0 Å². The molecular formula is C17H12BrNO3. The monoisotopic (exact) mass is 357 g/mol. The molecule has 2 aromatic carbocycles. The lowest BCUT2D eigenvalue weighted by Gasteiger charge is -2.04. The van der Waals surface area contributed by atoms with Crippen LogP contribution in [0.3, 0.4) is 0 Å². The predicted molar refractivity (Wildman–Crippen MR) is 87.4 cm³/mol. The predicted octanol–water partition coefficient (Wildman–Crippen LogP) is 3.98. The molecule has 4 nitrogen and oxygen atoms in total. The third-order valence-electron chi connectivity index (χ3n) is 3.48. The molecule has 0 radical (unpaired) electrons. The fraction of sp³-hybridized carbons (Fsp3) is 0.0588. The van der Waals surface area contributed by atoms with Crippen LogP contribution in [0.2, 0.25) is 0 Å². The van der Waals surface area contributed by atoms with Crippen molar-refractivity contribution in [1.82, 2.24) is 4.57 Å². The van der Waals surface area contributed by atoms with E-state index in [2.05, 4.69) is 15.9 Å². The van der Waals surface area contributed by atoms with Crippen molar-refractivity contribution in [1.29, 1.82) is 0 Å². The number of hydrogen-bond donors (Lipinski definition) is 1. The van der Waals surface area contributed by atoms with Crippen molar-refractivity contribution in [3.8, 4) is 0 Å². The van der Waals surface area contributed by atoms with Crippen LogP contribution >= 0.6 is 15.9 Å². The second kappa shape index (κ2) is 5.77. The summed E-state index contributed by atoms with van der Waals surface area (Å²) in [6, 6.07) is 14.5. The molecule has 1 aromatic heterocycles. The SMILES string of the molecule is O=C(O)c1cn(C(=O)Cc2ccc(Br)cc2)c2ccccc12. The first kappa shape index (κ1) is 14.5. The molecule has 110 valence electrons. The number of benzene rings is 2. The molecule has 0 fully saturated rings. The number of para-hydroxylation sites is 1. The largest absolute Gasteiger partial charge is 0.478 e. The van der Waals surface area contributed by atoms with Gasteiger partial charge in [-0.1, -0.05) is 46.3 Å². The van der Waals surface area contributed by atoms with Crippen LogP contribution in [0.4, 0.5) is 0 Å². The van der Waals surface area contributed by atoms with Gasteiger partial charge in [0.1, 0.15) is 0 Å².